The second-order valence-corrected chi connectivity index (χ2v) is 16.8. The number of hydrogen-bond donors (Lipinski definition) is 2. The first-order chi connectivity index (χ1) is 17.7. The summed E-state index contributed by atoms with van der Waals surface area (Å²) in [5, 5.41) is 0.00433. The molecule has 0 aromatic heterocycles. The Morgan fingerprint density at radius 1 is 0.974 bits per heavy atom. The van der Waals surface area contributed by atoms with Crippen molar-refractivity contribution in [2.24, 2.45) is 0 Å². The second-order valence-electron chi connectivity index (χ2n) is 12.0. The van der Waals surface area contributed by atoms with Crippen molar-refractivity contribution in [1.29, 1.82) is 0 Å². The molecule has 0 aliphatic heterocycles. The molecule has 0 saturated carbocycles. The Morgan fingerprint density at radius 3 is 2.08 bits per heavy atom. The van der Waals surface area contributed by atoms with Crippen LogP contribution in [0, 0.1) is 0 Å². The number of alkyl halides is 3. The summed E-state index contributed by atoms with van der Waals surface area (Å²) in [7, 11) is -2.03. The third-order valence-electron chi connectivity index (χ3n) is 6.30. The van der Waals surface area contributed by atoms with Crippen LogP contribution in [0.5, 0.6) is 0 Å². The zero-order valence-electron chi connectivity index (χ0n) is 24.6. The van der Waals surface area contributed by atoms with Crippen LogP contribution in [0.4, 0.5) is 18.0 Å². The molecule has 0 aliphatic rings. The summed E-state index contributed by atoms with van der Waals surface area (Å²) in [5.74, 6) is -1.56. The number of hydrogen-bond acceptors (Lipinski definition) is 6. The van der Waals surface area contributed by atoms with Crippen molar-refractivity contribution in [3.8, 4) is 0 Å². The molecule has 0 fully saturated rings. The van der Waals surface area contributed by atoms with Crippen LogP contribution in [0.3, 0.4) is 0 Å². The fourth-order valence-electron chi connectivity index (χ4n) is 3.28. The number of amides is 2. The first kappa shape index (κ1) is 34.9. The SMILES string of the molecule is C[C@@H](COCCC[C@@](OCc1ccccc1)(C(=O)NNC(=O)OC(C)(C)C)C(F)(F)F)O[Si](C)(C)C(C)(C)C. The van der Waals surface area contributed by atoms with E-state index < -0.39 is 50.7 Å². The standard InChI is InChI=1S/C27H45F3N2O6Si/c1-20(38-39(8,9)25(5,6)7)18-35-17-13-16-26(27(28,29)30,36-19-21-14-11-10-12-15-21)22(33)31-32-23(34)37-24(2,3)4/h10-12,14-15,20H,13,16-19H2,1-9H3,(H,31,33)(H,32,34)/t20-,26+/m0/s1. The Labute approximate surface area is 231 Å². The summed E-state index contributed by atoms with van der Waals surface area (Å²) in [6.45, 7) is 16.8. The highest BCUT2D eigenvalue weighted by Crippen LogP contribution is 2.39. The van der Waals surface area contributed by atoms with Gasteiger partial charge < -0.3 is 18.6 Å². The molecule has 2 amide bonds. The van der Waals surface area contributed by atoms with E-state index >= 15 is 0 Å². The summed E-state index contributed by atoms with van der Waals surface area (Å²) in [6.07, 6.45) is -7.31. The highest BCUT2D eigenvalue weighted by molar-refractivity contribution is 6.74. The quantitative estimate of drug-likeness (QED) is 0.173. The molecule has 39 heavy (non-hydrogen) atoms. The average molecular weight is 579 g/mol. The number of ether oxygens (including phenoxy) is 3. The van der Waals surface area contributed by atoms with E-state index in [4.69, 9.17) is 18.6 Å². The van der Waals surface area contributed by atoms with Gasteiger partial charge in [0, 0.05) is 6.61 Å². The van der Waals surface area contributed by atoms with Crippen molar-refractivity contribution >= 4 is 20.3 Å². The summed E-state index contributed by atoms with van der Waals surface area (Å²) < 4.78 is 65.5. The molecular weight excluding hydrogens is 533 g/mol. The first-order valence-corrected chi connectivity index (χ1v) is 15.9. The largest absolute Gasteiger partial charge is 0.443 e. The van der Waals surface area contributed by atoms with E-state index in [-0.39, 0.29) is 30.8 Å². The van der Waals surface area contributed by atoms with E-state index in [9.17, 15) is 22.8 Å². The lowest BCUT2D eigenvalue weighted by atomic mass is 9.95. The predicted molar refractivity (Wildman–Crippen MR) is 145 cm³/mol. The van der Waals surface area contributed by atoms with Crippen LogP contribution in [0.25, 0.3) is 0 Å². The maximum atomic E-state index is 14.5. The van der Waals surface area contributed by atoms with Crippen LogP contribution in [-0.4, -0.2) is 57.0 Å². The number of carbonyl (C=O) groups is 2. The topological polar surface area (TPSA) is 95.1 Å². The number of carbonyl (C=O) groups excluding carboxylic acids is 2. The molecule has 12 heteroatoms. The number of halogens is 3. The van der Waals surface area contributed by atoms with Gasteiger partial charge in [-0.25, -0.2) is 10.2 Å². The smallest absolute Gasteiger partial charge is 0.426 e. The molecule has 1 aromatic carbocycles. The van der Waals surface area contributed by atoms with Crippen molar-refractivity contribution < 1.29 is 41.4 Å². The van der Waals surface area contributed by atoms with Crippen LogP contribution < -0.4 is 10.9 Å². The maximum Gasteiger partial charge on any atom is 0.426 e. The second kappa shape index (κ2) is 14.0. The molecule has 0 unspecified atom stereocenters. The zero-order valence-corrected chi connectivity index (χ0v) is 25.6. The number of benzene rings is 1. The highest BCUT2D eigenvalue weighted by Gasteiger charge is 2.61. The molecular formula is C27H45F3N2O6Si. The van der Waals surface area contributed by atoms with Crippen molar-refractivity contribution in [1.82, 2.24) is 10.9 Å². The first-order valence-electron chi connectivity index (χ1n) is 13.0. The molecule has 1 rings (SSSR count). The van der Waals surface area contributed by atoms with Gasteiger partial charge in [-0.2, -0.15) is 13.2 Å². The van der Waals surface area contributed by atoms with Crippen LogP contribution in [0.2, 0.25) is 18.1 Å². The van der Waals surface area contributed by atoms with Gasteiger partial charge in [-0.15, -0.1) is 0 Å². The summed E-state index contributed by atoms with van der Waals surface area (Å²) in [4.78, 5) is 24.9. The molecule has 0 radical (unpaired) electrons. The fraction of sp³-hybridized carbons (Fsp3) is 0.704. The van der Waals surface area contributed by atoms with E-state index in [0.717, 1.165) is 0 Å². The summed E-state index contributed by atoms with van der Waals surface area (Å²) in [5.41, 5.74) is -0.00571. The molecule has 0 heterocycles. The number of rotatable bonds is 12. The molecule has 0 bridgehead atoms. The third-order valence-corrected chi connectivity index (χ3v) is 10.9. The Balaban J connectivity index is 2.93. The predicted octanol–water partition coefficient (Wildman–Crippen LogP) is 6.27. The molecule has 0 aliphatic carbocycles. The molecule has 0 spiro atoms. The molecule has 0 saturated heterocycles. The summed E-state index contributed by atoms with van der Waals surface area (Å²) >= 11 is 0. The molecule has 2 atom stereocenters. The molecule has 8 nitrogen and oxygen atoms in total. The fourth-order valence-corrected chi connectivity index (χ4v) is 4.71. The van der Waals surface area contributed by atoms with Crippen molar-refractivity contribution in [3.63, 3.8) is 0 Å². The van der Waals surface area contributed by atoms with E-state index in [0.29, 0.717) is 5.56 Å². The minimum atomic E-state index is -5.10. The van der Waals surface area contributed by atoms with Crippen molar-refractivity contribution in [2.45, 2.75) is 110 Å². The van der Waals surface area contributed by atoms with Crippen LogP contribution in [0.1, 0.15) is 66.9 Å². The van der Waals surface area contributed by atoms with Gasteiger partial charge in [0.2, 0.25) is 5.60 Å². The number of hydrazine groups is 1. The Bertz CT molecular complexity index is 917. The lowest BCUT2D eigenvalue weighted by Gasteiger charge is -2.38. The van der Waals surface area contributed by atoms with Gasteiger partial charge in [-0.1, -0.05) is 51.1 Å². The van der Waals surface area contributed by atoms with E-state index in [1.807, 2.05) is 17.8 Å². The van der Waals surface area contributed by atoms with Gasteiger partial charge in [0.05, 0.1) is 19.3 Å². The normalized spacial score (nSPS) is 15.3. The molecule has 1 aromatic rings. The molecule has 2 N–H and O–H groups in total. The monoisotopic (exact) mass is 578 g/mol. The highest BCUT2D eigenvalue weighted by atomic mass is 28.4. The van der Waals surface area contributed by atoms with Crippen molar-refractivity contribution in [3.05, 3.63) is 35.9 Å². The minimum Gasteiger partial charge on any atom is -0.443 e. The van der Waals surface area contributed by atoms with Crippen LogP contribution in [-0.2, 0) is 30.0 Å². The van der Waals surface area contributed by atoms with Gasteiger partial charge in [0.15, 0.2) is 8.32 Å². The van der Waals surface area contributed by atoms with Crippen molar-refractivity contribution in [2.75, 3.05) is 13.2 Å². The van der Waals surface area contributed by atoms with Gasteiger partial charge >= 0.3 is 12.3 Å². The minimum absolute atomic E-state index is 0.00433. The van der Waals surface area contributed by atoms with Gasteiger partial charge in [-0.3, -0.25) is 10.2 Å². The van der Waals surface area contributed by atoms with Crippen LogP contribution in [0.15, 0.2) is 30.3 Å². The summed E-state index contributed by atoms with van der Waals surface area (Å²) in [6, 6.07) is 8.19. The van der Waals surface area contributed by atoms with E-state index in [2.05, 4.69) is 33.9 Å². The Hall–Kier alpha value is -2.15. The lowest BCUT2D eigenvalue weighted by molar-refractivity contribution is -0.274. The lowest BCUT2D eigenvalue weighted by Crippen LogP contribution is -2.62. The van der Waals surface area contributed by atoms with Gasteiger partial charge in [0.25, 0.3) is 5.91 Å². The van der Waals surface area contributed by atoms with Gasteiger partial charge in [-0.05, 0) is 64.2 Å². The van der Waals surface area contributed by atoms with E-state index in [1.54, 1.807) is 51.1 Å². The Kier molecular flexibility index (Phi) is 12.5. The average Bonchev–Trinajstić information content (AvgIpc) is 2.77. The Morgan fingerprint density at radius 2 is 1.56 bits per heavy atom. The zero-order chi connectivity index (χ0) is 30.1. The van der Waals surface area contributed by atoms with E-state index in [1.165, 1.54) is 0 Å². The third kappa shape index (κ3) is 11.5. The van der Waals surface area contributed by atoms with Gasteiger partial charge in [0.1, 0.15) is 5.60 Å². The maximum absolute atomic E-state index is 14.5. The number of nitrogens with one attached hydrogen (secondary N) is 2. The molecule has 224 valence electrons. The van der Waals surface area contributed by atoms with Crippen LogP contribution >= 0.6 is 0 Å².